The Morgan fingerprint density at radius 3 is 1.95 bits per heavy atom. The third-order valence-electron chi connectivity index (χ3n) is 2.97. The molecular weight excluding hydrogens is 261 g/mol. The summed E-state index contributed by atoms with van der Waals surface area (Å²) in [4.78, 5) is 0. The standard InChI is InChI=1S/C17H21F3/c1-3-5-7-9-13-11-12-14(10-8-6-4-2)16(18)15(13)17(19)20/h7-12,17H,3-6H2,1-2H3/b9-7+,10-8+. The SMILES string of the molecule is CCC/C=C/c1ccc(/C=C/CCC)c(C(F)F)c1F. The van der Waals surface area contributed by atoms with E-state index in [9.17, 15) is 13.2 Å². The molecule has 0 N–H and O–H groups in total. The first kappa shape index (κ1) is 16.5. The van der Waals surface area contributed by atoms with Crippen LogP contribution in [0.5, 0.6) is 0 Å². The second-order valence-corrected chi connectivity index (χ2v) is 4.65. The van der Waals surface area contributed by atoms with E-state index >= 15 is 0 Å². The molecule has 0 saturated carbocycles. The molecule has 0 bridgehead atoms. The molecule has 0 aromatic heterocycles. The lowest BCUT2D eigenvalue weighted by Crippen LogP contribution is -1.98. The Labute approximate surface area is 119 Å². The van der Waals surface area contributed by atoms with Gasteiger partial charge in [0.15, 0.2) is 0 Å². The van der Waals surface area contributed by atoms with Gasteiger partial charge < -0.3 is 0 Å². The van der Waals surface area contributed by atoms with Crippen molar-refractivity contribution in [3.8, 4) is 0 Å². The molecule has 0 aliphatic rings. The van der Waals surface area contributed by atoms with Crippen molar-refractivity contribution in [2.45, 2.75) is 46.0 Å². The van der Waals surface area contributed by atoms with Gasteiger partial charge in [-0.1, -0.05) is 63.1 Å². The predicted octanol–water partition coefficient (Wildman–Crippen LogP) is 6.39. The number of allylic oxidation sites excluding steroid dienone is 2. The second kappa shape index (κ2) is 8.62. The van der Waals surface area contributed by atoms with Crippen LogP contribution in [-0.2, 0) is 0 Å². The summed E-state index contributed by atoms with van der Waals surface area (Å²) in [5.74, 6) is -0.814. The van der Waals surface area contributed by atoms with Crippen molar-refractivity contribution in [3.63, 3.8) is 0 Å². The average Bonchev–Trinajstić information content (AvgIpc) is 2.41. The van der Waals surface area contributed by atoms with Gasteiger partial charge in [0.25, 0.3) is 6.43 Å². The summed E-state index contributed by atoms with van der Waals surface area (Å²) in [6.07, 6.45) is 7.42. The third kappa shape index (κ3) is 4.55. The Morgan fingerprint density at radius 2 is 1.45 bits per heavy atom. The van der Waals surface area contributed by atoms with Crippen LogP contribution in [0.25, 0.3) is 12.2 Å². The Hall–Kier alpha value is -1.51. The fourth-order valence-corrected chi connectivity index (χ4v) is 1.87. The zero-order valence-electron chi connectivity index (χ0n) is 12.0. The highest BCUT2D eigenvalue weighted by Crippen LogP contribution is 2.29. The predicted molar refractivity (Wildman–Crippen MR) is 79.2 cm³/mol. The molecule has 1 aromatic rings. The van der Waals surface area contributed by atoms with Crippen LogP contribution in [-0.4, -0.2) is 0 Å². The monoisotopic (exact) mass is 282 g/mol. The first-order chi connectivity index (χ1) is 9.61. The van der Waals surface area contributed by atoms with Crippen LogP contribution >= 0.6 is 0 Å². The number of rotatable bonds is 7. The maximum absolute atomic E-state index is 14.2. The minimum absolute atomic E-state index is 0.224. The number of hydrogen-bond acceptors (Lipinski definition) is 0. The molecule has 0 fully saturated rings. The molecule has 1 rings (SSSR count). The Kier molecular flexibility index (Phi) is 7.13. The van der Waals surface area contributed by atoms with E-state index in [4.69, 9.17) is 0 Å². The number of unbranched alkanes of at least 4 members (excludes halogenated alkanes) is 2. The first-order valence-corrected chi connectivity index (χ1v) is 7.05. The minimum atomic E-state index is -2.81. The molecule has 0 nitrogen and oxygen atoms in total. The molecule has 20 heavy (non-hydrogen) atoms. The Balaban J connectivity index is 3.13. The van der Waals surface area contributed by atoms with Gasteiger partial charge in [-0.05, 0) is 18.4 Å². The maximum Gasteiger partial charge on any atom is 0.267 e. The topological polar surface area (TPSA) is 0 Å². The van der Waals surface area contributed by atoms with Gasteiger partial charge in [0, 0.05) is 5.56 Å². The van der Waals surface area contributed by atoms with E-state index in [2.05, 4.69) is 0 Å². The van der Waals surface area contributed by atoms with E-state index in [-0.39, 0.29) is 11.1 Å². The van der Waals surface area contributed by atoms with Crippen molar-refractivity contribution in [3.05, 3.63) is 46.8 Å². The van der Waals surface area contributed by atoms with Crippen molar-refractivity contribution in [2.24, 2.45) is 0 Å². The molecule has 110 valence electrons. The Morgan fingerprint density at radius 1 is 0.950 bits per heavy atom. The highest BCUT2D eigenvalue weighted by atomic mass is 19.3. The van der Waals surface area contributed by atoms with Crippen LogP contribution in [0.3, 0.4) is 0 Å². The quantitative estimate of drug-likeness (QED) is 0.543. The lowest BCUT2D eigenvalue weighted by Gasteiger charge is -2.09. The van der Waals surface area contributed by atoms with Crippen LogP contribution in [0.4, 0.5) is 13.2 Å². The van der Waals surface area contributed by atoms with E-state index in [0.717, 1.165) is 25.7 Å². The third-order valence-corrected chi connectivity index (χ3v) is 2.97. The smallest absolute Gasteiger partial charge is 0.206 e. The van der Waals surface area contributed by atoms with E-state index in [0.29, 0.717) is 0 Å². The van der Waals surface area contributed by atoms with Gasteiger partial charge in [-0.2, -0.15) is 0 Å². The molecule has 0 unspecified atom stereocenters. The van der Waals surface area contributed by atoms with Crippen LogP contribution in [0.2, 0.25) is 0 Å². The summed E-state index contributed by atoms with van der Waals surface area (Å²) < 4.78 is 40.3. The van der Waals surface area contributed by atoms with Crippen LogP contribution in [0.1, 0.15) is 62.6 Å². The molecule has 0 atom stereocenters. The van der Waals surface area contributed by atoms with Gasteiger partial charge >= 0.3 is 0 Å². The van der Waals surface area contributed by atoms with Gasteiger partial charge in [0.2, 0.25) is 0 Å². The van der Waals surface area contributed by atoms with Gasteiger partial charge in [-0.25, -0.2) is 13.2 Å². The van der Waals surface area contributed by atoms with Crippen LogP contribution in [0.15, 0.2) is 24.3 Å². The van der Waals surface area contributed by atoms with Crippen molar-refractivity contribution in [1.82, 2.24) is 0 Å². The summed E-state index contributed by atoms with van der Waals surface area (Å²) in [6, 6.07) is 3.11. The molecule has 0 aliphatic carbocycles. The van der Waals surface area contributed by atoms with Crippen molar-refractivity contribution < 1.29 is 13.2 Å². The van der Waals surface area contributed by atoms with Crippen molar-refractivity contribution in [2.75, 3.05) is 0 Å². The molecule has 0 spiro atoms. The van der Waals surface area contributed by atoms with Gasteiger partial charge in [0.05, 0.1) is 5.56 Å². The summed E-state index contributed by atoms with van der Waals surface area (Å²) in [6.45, 7) is 4.01. The molecule has 0 saturated heterocycles. The second-order valence-electron chi connectivity index (χ2n) is 4.65. The van der Waals surface area contributed by atoms with E-state index in [1.807, 2.05) is 13.8 Å². The normalized spacial score (nSPS) is 12.1. The van der Waals surface area contributed by atoms with Crippen molar-refractivity contribution in [1.29, 1.82) is 0 Å². The number of hydrogen-bond donors (Lipinski definition) is 0. The Bertz CT molecular complexity index is 473. The number of halogens is 3. The van der Waals surface area contributed by atoms with E-state index in [1.54, 1.807) is 36.4 Å². The molecule has 0 radical (unpaired) electrons. The molecule has 1 aromatic carbocycles. The summed E-state index contributed by atoms with van der Waals surface area (Å²) in [7, 11) is 0. The molecule has 3 heteroatoms. The summed E-state index contributed by atoms with van der Waals surface area (Å²) in [5.41, 5.74) is -0.0176. The number of benzene rings is 1. The molecule has 0 aliphatic heterocycles. The lowest BCUT2D eigenvalue weighted by atomic mass is 10.0. The fourth-order valence-electron chi connectivity index (χ4n) is 1.87. The number of alkyl halides is 2. The van der Waals surface area contributed by atoms with E-state index in [1.165, 1.54) is 0 Å². The van der Waals surface area contributed by atoms with Crippen molar-refractivity contribution >= 4 is 12.2 Å². The van der Waals surface area contributed by atoms with Gasteiger partial charge in [-0.15, -0.1) is 0 Å². The zero-order valence-corrected chi connectivity index (χ0v) is 12.0. The summed E-state index contributed by atoms with van der Waals surface area (Å²) >= 11 is 0. The van der Waals surface area contributed by atoms with Crippen LogP contribution in [0, 0.1) is 5.82 Å². The highest BCUT2D eigenvalue weighted by molar-refractivity contribution is 5.61. The average molecular weight is 282 g/mol. The molecule has 0 heterocycles. The largest absolute Gasteiger partial charge is 0.267 e. The maximum atomic E-state index is 14.2. The minimum Gasteiger partial charge on any atom is -0.206 e. The summed E-state index contributed by atoms with van der Waals surface area (Å²) in [5, 5.41) is 0. The van der Waals surface area contributed by atoms with Gasteiger partial charge in [0.1, 0.15) is 5.82 Å². The van der Waals surface area contributed by atoms with Gasteiger partial charge in [-0.3, -0.25) is 0 Å². The fraction of sp³-hybridized carbons (Fsp3) is 0.412. The lowest BCUT2D eigenvalue weighted by molar-refractivity contribution is 0.146. The molecular formula is C17H21F3. The first-order valence-electron chi connectivity index (χ1n) is 7.05. The van der Waals surface area contributed by atoms with Crippen LogP contribution < -0.4 is 0 Å². The van der Waals surface area contributed by atoms with E-state index < -0.39 is 17.8 Å². The zero-order chi connectivity index (χ0) is 15.0. The highest BCUT2D eigenvalue weighted by Gasteiger charge is 2.19. The molecule has 0 amide bonds.